The third-order valence-electron chi connectivity index (χ3n) is 10.8. The van der Waals surface area contributed by atoms with Crippen molar-refractivity contribution >= 4 is 49.7 Å². The molecule has 5 aromatic carbocycles. The fraction of sp³-hybridized carbons (Fsp3) is 0.133. The predicted octanol–water partition coefficient (Wildman–Crippen LogP) is 10.6. The Morgan fingerprint density at radius 2 is 1.15 bits per heavy atom. The summed E-state index contributed by atoms with van der Waals surface area (Å²) in [6, 6.07) is 41.3. The molecule has 0 fully saturated rings. The number of benzene rings is 5. The van der Waals surface area contributed by atoms with Crippen LogP contribution in [0.4, 0.5) is 0 Å². The molecule has 0 unspecified atom stereocenters. The van der Waals surface area contributed by atoms with E-state index in [2.05, 4.69) is 168 Å². The van der Waals surface area contributed by atoms with Crippen LogP contribution in [0.3, 0.4) is 0 Å². The van der Waals surface area contributed by atoms with Crippen molar-refractivity contribution in [3.63, 3.8) is 0 Å². The van der Waals surface area contributed by atoms with Crippen LogP contribution in [0.25, 0.3) is 78.0 Å². The van der Waals surface area contributed by atoms with E-state index in [0.29, 0.717) is 5.82 Å². The van der Waals surface area contributed by atoms with Crippen LogP contribution in [-0.2, 0) is 0 Å². The van der Waals surface area contributed by atoms with E-state index in [4.69, 9.17) is 15.0 Å². The molecule has 5 heterocycles. The average Bonchev–Trinajstić information content (AvgIpc) is 3.87. The minimum Gasteiger partial charge on any atom is -0.309 e. The average molecular weight is 676 g/mol. The maximum Gasteiger partial charge on any atom is 0.169 e. The molecule has 7 nitrogen and oxygen atoms in total. The molecule has 10 aromatic rings. The molecule has 0 aliphatic heterocycles. The molecule has 52 heavy (non-hydrogen) atoms. The van der Waals surface area contributed by atoms with Crippen LogP contribution in [0, 0.1) is 41.5 Å². The van der Waals surface area contributed by atoms with Crippen LogP contribution in [0.1, 0.15) is 34.0 Å². The lowest BCUT2D eigenvalue weighted by Crippen LogP contribution is -2.08. The van der Waals surface area contributed by atoms with Gasteiger partial charge < -0.3 is 4.57 Å². The Balaban J connectivity index is 1.24. The molecule has 0 spiro atoms. The molecule has 0 aliphatic carbocycles. The molecular weight excluding hydrogens is 639 g/mol. The molecule has 0 saturated carbocycles. The molecule has 7 heteroatoms. The second kappa shape index (κ2) is 11.0. The van der Waals surface area contributed by atoms with E-state index in [1.54, 1.807) is 0 Å². The van der Waals surface area contributed by atoms with Gasteiger partial charge in [-0.3, -0.25) is 13.5 Å². The number of hydrogen-bond donors (Lipinski definition) is 0. The van der Waals surface area contributed by atoms with E-state index >= 15 is 0 Å². The monoisotopic (exact) mass is 675 g/mol. The molecule has 5 aromatic heterocycles. The third-order valence-corrected chi connectivity index (χ3v) is 10.8. The zero-order chi connectivity index (χ0) is 35.4. The fourth-order valence-corrected chi connectivity index (χ4v) is 8.59. The van der Waals surface area contributed by atoms with Crippen LogP contribution in [0.2, 0.25) is 0 Å². The Labute approximate surface area is 301 Å². The van der Waals surface area contributed by atoms with Crippen molar-refractivity contribution in [3.05, 3.63) is 149 Å². The molecule has 10 rings (SSSR count). The molecule has 0 N–H and O–H groups in total. The Bertz CT molecular complexity index is 3040. The first-order valence-corrected chi connectivity index (χ1v) is 17.8. The number of nitrogens with zero attached hydrogens (tertiary/aromatic N) is 7. The number of fused-ring (bicyclic) bond motifs is 7. The van der Waals surface area contributed by atoms with E-state index < -0.39 is 0 Å². The lowest BCUT2D eigenvalue weighted by atomic mass is 9.97. The highest BCUT2D eigenvalue weighted by molar-refractivity contribution is 6.09. The van der Waals surface area contributed by atoms with Crippen molar-refractivity contribution in [2.24, 2.45) is 0 Å². The summed E-state index contributed by atoms with van der Waals surface area (Å²) in [6.45, 7) is 12.8. The SMILES string of the molecule is Cc1nc(-c2c(C)ccc(-n3c4ccccc4c4ccccc43)c2C)c2nc(C)n(-c3cccc(C)c3-n3c4ccccc4n4c(C)ccc34)c2n1. The van der Waals surface area contributed by atoms with Crippen LogP contribution in [-0.4, -0.2) is 33.1 Å². The number of aromatic nitrogens is 7. The van der Waals surface area contributed by atoms with Gasteiger partial charge in [-0.1, -0.05) is 66.7 Å². The molecular formula is C45H37N7. The predicted molar refractivity (Wildman–Crippen MR) is 213 cm³/mol. The summed E-state index contributed by atoms with van der Waals surface area (Å²) in [5, 5.41) is 2.48. The van der Waals surface area contributed by atoms with Crippen molar-refractivity contribution in [3.8, 4) is 28.3 Å². The minimum atomic E-state index is 0.704. The normalized spacial score (nSPS) is 12.0. The fourth-order valence-electron chi connectivity index (χ4n) is 8.59. The summed E-state index contributed by atoms with van der Waals surface area (Å²) in [5.74, 6) is 1.56. The number of hydrogen-bond acceptors (Lipinski definition) is 3. The Morgan fingerprint density at radius 3 is 1.88 bits per heavy atom. The number of imidazole rings is 2. The first-order valence-electron chi connectivity index (χ1n) is 17.8. The highest BCUT2D eigenvalue weighted by Gasteiger charge is 2.25. The second-order valence-corrected chi connectivity index (χ2v) is 14.0. The maximum absolute atomic E-state index is 5.28. The van der Waals surface area contributed by atoms with Gasteiger partial charge in [-0.15, -0.1) is 0 Å². The number of para-hydroxylation sites is 5. The second-order valence-electron chi connectivity index (χ2n) is 14.0. The minimum absolute atomic E-state index is 0.704. The third kappa shape index (κ3) is 4.10. The largest absolute Gasteiger partial charge is 0.309 e. The summed E-state index contributed by atoms with van der Waals surface area (Å²) in [6.07, 6.45) is 0. The summed E-state index contributed by atoms with van der Waals surface area (Å²) in [5.41, 5.74) is 17.3. The van der Waals surface area contributed by atoms with Crippen LogP contribution < -0.4 is 0 Å². The van der Waals surface area contributed by atoms with Crippen LogP contribution >= 0.6 is 0 Å². The Hall–Kier alpha value is -6.47. The van der Waals surface area contributed by atoms with Crippen molar-refractivity contribution in [1.82, 2.24) is 33.1 Å². The van der Waals surface area contributed by atoms with E-state index in [9.17, 15) is 0 Å². The van der Waals surface area contributed by atoms with E-state index in [0.717, 1.165) is 73.2 Å². The van der Waals surface area contributed by atoms with Gasteiger partial charge in [0.25, 0.3) is 0 Å². The van der Waals surface area contributed by atoms with Crippen molar-refractivity contribution in [1.29, 1.82) is 0 Å². The van der Waals surface area contributed by atoms with Gasteiger partial charge in [-0.05, 0) is 107 Å². The molecule has 0 atom stereocenters. The molecule has 0 amide bonds. The Morgan fingerprint density at radius 1 is 0.481 bits per heavy atom. The smallest absolute Gasteiger partial charge is 0.169 e. The van der Waals surface area contributed by atoms with Gasteiger partial charge in [0.2, 0.25) is 0 Å². The highest BCUT2D eigenvalue weighted by atomic mass is 15.2. The van der Waals surface area contributed by atoms with E-state index in [1.807, 2.05) is 6.92 Å². The van der Waals surface area contributed by atoms with Crippen molar-refractivity contribution in [2.75, 3.05) is 0 Å². The van der Waals surface area contributed by atoms with Crippen molar-refractivity contribution in [2.45, 2.75) is 41.5 Å². The summed E-state index contributed by atoms with van der Waals surface area (Å²) in [7, 11) is 0. The zero-order valence-corrected chi connectivity index (χ0v) is 30.1. The van der Waals surface area contributed by atoms with Gasteiger partial charge in [0, 0.05) is 27.7 Å². The van der Waals surface area contributed by atoms with Gasteiger partial charge in [0.05, 0.1) is 33.4 Å². The van der Waals surface area contributed by atoms with Gasteiger partial charge in [0.15, 0.2) is 5.65 Å². The van der Waals surface area contributed by atoms with Gasteiger partial charge >= 0.3 is 0 Å². The summed E-state index contributed by atoms with van der Waals surface area (Å²) >= 11 is 0. The van der Waals surface area contributed by atoms with E-state index in [1.165, 1.54) is 33.0 Å². The maximum atomic E-state index is 5.28. The Kier molecular flexibility index (Phi) is 6.43. The summed E-state index contributed by atoms with van der Waals surface area (Å²) in [4.78, 5) is 15.6. The van der Waals surface area contributed by atoms with Crippen molar-refractivity contribution < 1.29 is 0 Å². The first-order chi connectivity index (χ1) is 25.3. The molecule has 252 valence electrons. The van der Waals surface area contributed by atoms with E-state index in [-0.39, 0.29) is 0 Å². The van der Waals surface area contributed by atoms with Crippen LogP contribution in [0.15, 0.2) is 115 Å². The lowest BCUT2D eigenvalue weighted by molar-refractivity contribution is 0.953. The molecule has 0 saturated heterocycles. The zero-order valence-electron chi connectivity index (χ0n) is 30.1. The van der Waals surface area contributed by atoms with Gasteiger partial charge in [0.1, 0.15) is 28.5 Å². The molecule has 0 radical (unpaired) electrons. The highest BCUT2D eigenvalue weighted by Crippen LogP contribution is 2.40. The standard InChI is InChI=1S/C45H37N7/c1-26-22-24-34(51-35-17-9-7-15-32(35)33-16-8-10-18-36(33)51)29(4)41(26)42-43-45(47-30(5)46-42)50(31(6)48-43)39-21-13-14-27(2)44(39)52-38-20-12-11-19-37(38)49-28(3)23-25-40(49)52/h7-25H,1-6H3. The quantitative estimate of drug-likeness (QED) is 0.187. The van der Waals surface area contributed by atoms with Crippen LogP contribution in [0.5, 0.6) is 0 Å². The molecule has 0 bridgehead atoms. The topological polar surface area (TPSA) is 57.9 Å². The lowest BCUT2D eigenvalue weighted by Gasteiger charge is -2.18. The molecule has 0 aliphatic rings. The van der Waals surface area contributed by atoms with Gasteiger partial charge in [-0.2, -0.15) is 0 Å². The summed E-state index contributed by atoms with van der Waals surface area (Å²) < 4.78 is 9.34. The number of rotatable bonds is 4. The first kappa shape index (κ1) is 30.4. The number of aryl methyl sites for hydroxylation is 5. The van der Waals surface area contributed by atoms with Gasteiger partial charge in [-0.25, -0.2) is 15.0 Å².